The topological polar surface area (TPSA) is 97.1 Å². The van der Waals surface area contributed by atoms with Crippen molar-refractivity contribution in [2.45, 2.75) is 59.3 Å². The Kier molecular flexibility index (Phi) is 9.59. The first-order valence-corrected chi connectivity index (χ1v) is 16.7. The van der Waals surface area contributed by atoms with Gasteiger partial charge in [-0.1, -0.05) is 68.8 Å². The predicted octanol–water partition coefficient (Wildman–Crippen LogP) is 7.75. The van der Waals surface area contributed by atoms with E-state index in [1.165, 1.54) is 5.56 Å². The van der Waals surface area contributed by atoms with Crippen LogP contribution in [0.5, 0.6) is 0 Å². The zero-order chi connectivity index (χ0) is 33.8. The average Bonchev–Trinajstić information content (AvgIpc) is 3.67. The summed E-state index contributed by atoms with van der Waals surface area (Å²) in [5.74, 6) is 1.24. The van der Waals surface area contributed by atoms with Crippen molar-refractivity contribution in [1.29, 1.82) is 0 Å². The van der Waals surface area contributed by atoms with E-state index in [0.29, 0.717) is 23.8 Å². The number of nitrogens with zero attached hydrogens (tertiary/aromatic N) is 5. The van der Waals surface area contributed by atoms with Crippen LogP contribution in [0.4, 0.5) is 16.3 Å². The Morgan fingerprint density at radius 1 is 0.833 bits per heavy atom. The summed E-state index contributed by atoms with van der Waals surface area (Å²) in [5.41, 5.74) is 7.21. The summed E-state index contributed by atoms with van der Waals surface area (Å²) in [6, 6.07) is 27.7. The van der Waals surface area contributed by atoms with Gasteiger partial charge >= 0.3 is 6.03 Å². The Balaban J connectivity index is 1.03. The number of piperidine rings is 1. The van der Waals surface area contributed by atoms with E-state index >= 15 is 0 Å². The molecule has 5 aromatic rings. The van der Waals surface area contributed by atoms with Crippen molar-refractivity contribution in [3.8, 4) is 11.4 Å². The maximum absolute atomic E-state index is 13.2. The Morgan fingerprint density at radius 2 is 1.54 bits per heavy atom. The van der Waals surface area contributed by atoms with Gasteiger partial charge in [0, 0.05) is 17.2 Å². The number of aryl methyl sites for hydroxylation is 1. The van der Waals surface area contributed by atoms with Crippen LogP contribution < -0.4 is 10.6 Å². The van der Waals surface area contributed by atoms with Crippen molar-refractivity contribution >= 4 is 23.3 Å². The van der Waals surface area contributed by atoms with Crippen molar-refractivity contribution in [2.24, 2.45) is 5.92 Å². The van der Waals surface area contributed by atoms with Gasteiger partial charge in [0.05, 0.1) is 41.1 Å². The summed E-state index contributed by atoms with van der Waals surface area (Å²) in [6.45, 7) is 12.5. The molecule has 0 unspecified atom stereocenters. The number of urea groups is 1. The second-order valence-corrected chi connectivity index (χ2v) is 13.9. The first kappa shape index (κ1) is 32.9. The number of nitrogens with one attached hydrogen (secondary N) is 2. The fourth-order valence-electron chi connectivity index (χ4n) is 6.26. The number of Topliss-reactive ketones (excluding diaryl/α,β-unsaturated/α-hetero) is 1. The van der Waals surface area contributed by atoms with E-state index in [1.54, 1.807) is 10.9 Å². The number of rotatable bonds is 9. The van der Waals surface area contributed by atoms with Gasteiger partial charge in [-0.2, -0.15) is 10.2 Å². The smallest absolute Gasteiger partial charge is 0.308 e. The molecule has 3 aromatic carbocycles. The van der Waals surface area contributed by atoms with Crippen LogP contribution in [0.1, 0.15) is 66.5 Å². The highest BCUT2D eigenvalue weighted by Gasteiger charge is 2.24. The van der Waals surface area contributed by atoms with Crippen LogP contribution in [0.25, 0.3) is 11.4 Å². The van der Waals surface area contributed by atoms with Gasteiger partial charge in [0.1, 0.15) is 5.82 Å². The van der Waals surface area contributed by atoms with Crippen LogP contribution in [0.2, 0.25) is 0 Å². The van der Waals surface area contributed by atoms with E-state index in [1.807, 2.05) is 91.3 Å². The summed E-state index contributed by atoms with van der Waals surface area (Å²) in [4.78, 5) is 28.7. The molecule has 1 fully saturated rings. The quantitative estimate of drug-likeness (QED) is 0.160. The molecule has 0 bridgehead atoms. The number of likely N-dealkylation sites (tertiary alicyclic amines) is 1. The minimum Gasteiger partial charge on any atom is -0.308 e. The lowest BCUT2D eigenvalue weighted by Crippen LogP contribution is -2.38. The number of hydrogen-bond acceptors (Lipinski definition) is 5. The Hall–Kier alpha value is -5.02. The van der Waals surface area contributed by atoms with Crippen LogP contribution in [-0.2, 0) is 11.8 Å². The number of benzene rings is 3. The van der Waals surface area contributed by atoms with E-state index in [4.69, 9.17) is 5.10 Å². The Labute approximate surface area is 283 Å². The lowest BCUT2D eigenvalue weighted by molar-refractivity contribution is 0.0895. The largest absolute Gasteiger partial charge is 0.324 e. The lowest BCUT2D eigenvalue weighted by Gasteiger charge is -2.31. The third-order valence-electron chi connectivity index (χ3n) is 9.09. The van der Waals surface area contributed by atoms with Gasteiger partial charge in [-0.15, -0.1) is 0 Å². The SMILES string of the molecule is Cc1ccc(-n2nc(C(C)(C)C)cc2NC(=O)Nc2cccc(CC3CCN(CC(=O)c4cnn(-c5ccccc5)c4C)CC3)c2)cc1. The third kappa shape index (κ3) is 7.74. The lowest BCUT2D eigenvalue weighted by atomic mass is 9.90. The highest BCUT2D eigenvalue weighted by atomic mass is 16.2. The van der Waals surface area contributed by atoms with Crippen molar-refractivity contribution in [3.05, 3.63) is 119 Å². The fourth-order valence-corrected chi connectivity index (χ4v) is 6.26. The standard InChI is InChI=1S/C39H45N7O2/c1-27-14-16-33(17-15-27)46-37(24-36(43-46)39(3,4)5)42-38(48)41-31-11-9-10-30(23-31)22-29-18-20-44(21-19-29)26-35(47)34-25-40-45(28(34)2)32-12-7-6-8-13-32/h6-17,23-25,29H,18-22,26H2,1-5H3,(H2,41,42,48). The molecule has 9 nitrogen and oxygen atoms in total. The van der Waals surface area contributed by atoms with Gasteiger partial charge < -0.3 is 5.32 Å². The first-order valence-electron chi connectivity index (χ1n) is 16.7. The maximum Gasteiger partial charge on any atom is 0.324 e. The van der Waals surface area contributed by atoms with Crippen molar-refractivity contribution in [2.75, 3.05) is 30.3 Å². The third-order valence-corrected chi connectivity index (χ3v) is 9.09. The number of ketones is 1. The predicted molar refractivity (Wildman–Crippen MR) is 192 cm³/mol. The molecular weight excluding hydrogens is 598 g/mol. The average molecular weight is 644 g/mol. The Bertz CT molecular complexity index is 1880. The van der Waals surface area contributed by atoms with Gasteiger partial charge in [0.25, 0.3) is 0 Å². The molecule has 6 rings (SSSR count). The van der Waals surface area contributed by atoms with Crippen LogP contribution in [0, 0.1) is 19.8 Å². The number of para-hydroxylation sites is 1. The number of carbonyl (C=O) groups is 2. The molecule has 1 aliphatic rings. The molecule has 9 heteroatoms. The molecule has 0 aliphatic carbocycles. The van der Waals surface area contributed by atoms with Crippen molar-refractivity contribution in [1.82, 2.24) is 24.5 Å². The second-order valence-electron chi connectivity index (χ2n) is 13.9. The summed E-state index contributed by atoms with van der Waals surface area (Å²) in [5, 5.41) is 15.3. The maximum atomic E-state index is 13.2. The Morgan fingerprint density at radius 3 is 2.25 bits per heavy atom. The molecule has 48 heavy (non-hydrogen) atoms. The number of carbonyl (C=O) groups excluding carboxylic acids is 2. The van der Waals surface area contributed by atoms with Crippen molar-refractivity contribution in [3.63, 3.8) is 0 Å². The normalized spacial score (nSPS) is 14.2. The van der Waals surface area contributed by atoms with Crippen LogP contribution in [0.3, 0.4) is 0 Å². The van der Waals surface area contributed by atoms with Gasteiger partial charge in [-0.25, -0.2) is 14.2 Å². The van der Waals surface area contributed by atoms with Crippen LogP contribution in [-0.4, -0.2) is 55.9 Å². The van der Waals surface area contributed by atoms with Gasteiger partial charge in [-0.05, 0) is 94.1 Å². The number of aromatic nitrogens is 4. The fraction of sp³-hybridized carbons (Fsp3) is 0.333. The summed E-state index contributed by atoms with van der Waals surface area (Å²) >= 11 is 0. The van der Waals surface area contributed by atoms with E-state index in [0.717, 1.165) is 66.4 Å². The highest BCUT2D eigenvalue weighted by Crippen LogP contribution is 2.27. The molecular formula is C39H45N7O2. The van der Waals surface area contributed by atoms with Crippen LogP contribution in [0.15, 0.2) is 91.1 Å². The van der Waals surface area contributed by atoms with Gasteiger partial charge in [-0.3, -0.25) is 15.0 Å². The molecule has 0 radical (unpaired) electrons. The molecule has 2 N–H and O–H groups in total. The molecule has 248 valence electrons. The molecule has 1 saturated heterocycles. The molecule has 1 aliphatic heterocycles. The van der Waals surface area contributed by atoms with Crippen molar-refractivity contribution < 1.29 is 9.59 Å². The minimum atomic E-state index is -0.316. The molecule has 2 amide bonds. The second kappa shape index (κ2) is 14.0. The molecule has 3 heterocycles. The first-order chi connectivity index (χ1) is 23.0. The van der Waals surface area contributed by atoms with Crippen LogP contribution >= 0.6 is 0 Å². The molecule has 0 spiro atoms. The van der Waals surface area contributed by atoms with E-state index in [9.17, 15) is 9.59 Å². The number of hydrogen-bond donors (Lipinski definition) is 2. The minimum absolute atomic E-state index is 0.113. The van der Waals surface area contributed by atoms with E-state index in [-0.39, 0.29) is 17.2 Å². The molecule has 0 saturated carbocycles. The number of anilines is 2. The monoisotopic (exact) mass is 643 g/mol. The molecule has 0 atom stereocenters. The zero-order valence-electron chi connectivity index (χ0n) is 28.5. The number of amides is 2. The summed E-state index contributed by atoms with van der Waals surface area (Å²) in [6.07, 6.45) is 4.66. The van der Waals surface area contributed by atoms with Gasteiger partial charge in [0.15, 0.2) is 5.78 Å². The zero-order valence-corrected chi connectivity index (χ0v) is 28.5. The highest BCUT2D eigenvalue weighted by molar-refractivity contribution is 5.99. The van der Waals surface area contributed by atoms with E-state index < -0.39 is 0 Å². The van der Waals surface area contributed by atoms with Gasteiger partial charge in [0.2, 0.25) is 0 Å². The molecule has 2 aromatic heterocycles. The summed E-state index contributed by atoms with van der Waals surface area (Å²) in [7, 11) is 0. The van der Waals surface area contributed by atoms with E-state index in [2.05, 4.69) is 53.5 Å². The summed E-state index contributed by atoms with van der Waals surface area (Å²) < 4.78 is 3.62.